The molecule has 0 fully saturated rings. The van der Waals surface area contributed by atoms with Crippen LogP contribution < -0.4 is 5.73 Å². The topological polar surface area (TPSA) is 30.9 Å². The summed E-state index contributed by atoms with van der Waals surface area (Å²) in [5, 5.41) is 1.29. The van der Waals surface area contributed by atoms with E-state index in [1.807, 2.05) is 0 Å². The Kier molecular flexibility index (Phi) is 3.57. The van der Waals surface area contributed by atoms with E-state index in [0.717, 1.165) is 6.42 Å². The van der Waals surface area contributed by atoms with Crippen molar-refractivity contribution in [3.8, 4) is 0 Å². The van der Waals surface area contributed by atoms with Crippen LogP contribution >= 0.6 is 0 Å². The van der Waals surface area contributed by atoms with Crippen molar-refractivity contribution in [2.45, 2.75) is 25.9 Å². The Balaban J connectivity index is 2.09. The Morgan fingerprint density at radius 2 is 1.90 bits per heavy atom. The second-order valence-corrected chi connectivity index (χ2v) is 5.16. The molecule has 0 aliphatic heterocycles. The summed E-state index contributed by atoms with van der Waals surface area (Å²) >= 11 is 0. The van der Waals surface area contributed by atoms with Crippen LogP contribution in [0.2, 0.25) is 0 Å². The van der Waals surface area contributed by atoms with E-state index in [9.17, 15) is 0 Å². The molecule has 2 nitrogen and oxygen atoms in total. The lowest BCUT2D eigenvalue weighted by Gasteiger charge is -2.20. The highest BCUT2D eigenvalue weighted by molar-refractivity contribution is 5.80. The maximum atomic E-state index is 5.76. The van der Waals surface area contributed by atoms with Gasteiger partial charge in [0.15, 0.2) is 0 Å². The Morgan fingerprint density at radius 1 is 1.05 bits per heavy atom. The number of fused-ring (bicyclic) bond motifs is 1. The van der Waals surface area contributed by atoms with E-state index < -0.39 is 0 Å². The zero-order valence-electron chi connectivity index (χ0n) is 11.8. The predicted octanol–water partition coefficient (Wildman–Crippen LogP) is 4.10. The molecule has 2 aromatic carbocycles. The molecule has 0 aliphatic carbocycles. The molecule has 1 aromatic heterocycles. The average molecular weight is 264 g/mol. The molecule has 1 heterocycles. The number of nitrogens with two attached hydrogens (primary N) is 1. The van der Waals surface area contributed by atoms with Crippen LogP contribution in [0.1, 0.15) is 30.5 Å². The van der Waals surface area contributed by atoms with Crippen LogP contribution in [0.15, 0.2) is 60.8 Å². The molecule has 2 N–H and O–H groups in total. The SMILES string of the molecule is CCC(c1cccc(CN)c1)n1ccc2ccccc21. The molecule has 0 amide bonds. The van der Waals surface area contributed by atoms with Crippen molar-refractivity contribution in [3.63, 3.8) is 0 Å². The third-order valence-electron chi connectivity index (χ3n) is 3.92. The van der Waals surface area contributed by atoms with Crippen molar-refractivity contribution in [1.29, 1.82) is 0 Å². The summed E-state index contributed by atoms with van der Waals surface area (Å²) < 4.78 is 2.37. The van der Waals surface area contributed by atoms with Crippen LogP contribution in [0.25, 0.3) is 10.9 Å². The minimum Gasteiger partial charge on any atom is -0.340 e. The van der Waals surface area contributed by atoms with Crippen LogP contribution in [0.5, 0.6) is 0 Å². The molecule has 0 spiro atoms. The smallest absolute Gasteiger partial charge is 0.0583 e. The van der Waals surface area contributed by atoms with Gasteiger partial charge in [0.1, 0.15) is 0 Å². The molecule has 3 rings (SSSR count). The highest BCUT2D eigenvalue weighted by atomic mass is 15.0. The molecule has 2 heteroatoms. The quantitative estimate of drug-likeness (QED) is 0.755. The van der Waals surface area contributed by atoms with E-state index in [2.05, 4.69) is 72.3 Å². The van der Waals surface area contributed by atoms with E-state index in [0.29, 0.717) is 12.6 Å². The fourth-order valence-corrected chi connectivity index (χ4v) is 2.90. The van der Waals surface area contributed by atoms with Gasteiger partial charge in [-0.05, 0) is 35.1 Å². The summed E-state index contributed by atoms with van der Waals surface area (Å²) in [4.78, 5) is 0. The zero-order valence-corrected chi connectivity index (χ0v) is 11.8. The third-order valence-corrected chi connectivity index (χ3v) is 3.92. The van der Waals surface area contributed by atoms with E-state index >= 15 is 0 Å². The largest absolute Gasteiger partial charge is 0.340 e. The van der Waals surface area contributed by atoms with Gasteiger partial charge < -0.3 is 10.3 Å². The molecule has 3 aromatic rings. The van der Waals surface area contributed by atoms with Gasteiger partial charge >= 0.3 is 0 Å². The Labute approximate surface area is 119 Å². The Morgan fingerprint density at radius 3 is 2.70 bits per heavy atom. The van der Waals surface area contributed by atoms with Crippen molar-refractivity contribution in [2.75, 3.05) is 0 Å². The van der Waals surface area contributed by atoms with Gasteiger partial charge in [0.25, 0.3) is 0 Å². The summed E-state index contributed by atoms with van der Waals surface area (Å²) in [6, 6.07) is 19.7. The molecule has 20 heavy (non-hydrogen) atoms. The molecular weight excluding hydrogens is 244 g/mol. The second-order valence-electron chi connectivity index (χ2n) is 5.16. The number of hydrogen-bond donors (Lipinski definition) is 1. The van der Waals surface area contributed by atoms with E-state index in [1.165, 1.54) is 22.0 Å². The van der Waals surface area contributed by atoms with Crippen LogP contribution in [0.4, 0.5) is 0 Å². The van der Waals surface area contributed by atoms with Crippen LogP contribution in [0.3, 0.4) is 0 Å². The number of nitrogens with zero attached hydrogens (tertiary/aromatic N) is 1. The van der Waals surface area contributed by atoms with Gasteiger partial charge in [-0.2, -0.15) is 0 Å². The molecule has 0 saturated heterocycles. The van der Waals surface area contributed by atoms with Crippen molar-refractivity contribution >= 4 is 10.9 Å². The molecule has 0 aliphatic rings. The van der Waals surface area contributed by atoms with Gasteiger partial charge in [-0.3, -0.25) is 0 Å². The minimum absolute atomic E-state index is 0.362. The van der Waals surface area contributed by atoms with E-state index in [4.69, 9.17) is 5.73 Å². The number of benzene rings is 2. The normalized spacial score (nSPS) is 12.7. The summed E-state index contributed by atoms with van der Waals surface area (Å²) in [5.74, 6) is 0. The van der Waals surface area contributed by atoms with Gasteiger partial charge in [-0.25, -0.2) is 0 Å². The summed E-state index contributed by atoms with van der Waals surface area (Å²) in [7, 11) is 0. The van der Waals surface area contributed by atoms with Crippen LogP contribution in [0, 0.1) is 0 Å². The molecule has 0 radical (unpaired) electrons. The van der Waals surface area contributed by atoms with Gasteiger partial charge in [-0.15, -0.1) is 0 Å². The van der Waals surface area contributed by atoms with Crippen LogP contribution in [-0.4, -0.2) is 4.57 Å². The number of para-hydroxylation sites is 1. The lowest BCUT2D eigenvalue weighted by Crippen LogP contribution is -2.09. The molecule has 102 valence electrons. The minimum atomic E-state index is 0.362. The third kappa shape index (κ3) is 2.23. The summed E-state index contributed by atoms with van der Waals surface area (Å²) in [6.07, 6.45) is 3.25. The lowest BCUT2D eigenvalue weighted by molar-refractivity contribution is 0.585. The van der Waals surface area contributed by atoms with Crippen LogP contribution in [-0.2, 0) is 6.54 Å². The number of aromatic nitrogens is 1. The maximum Gasteiger partial charge on any atom is 0.0583 e. The number of rotatable bonds is 4. The van der Waals surface area contributed by atoms with Crippen molar-refractivity contribution < 1.29 is 0 Å². The molecule has 0 saturated carbocycles. The van der Waals surface area contributed by atoms with Crippen molar-refractivity contribution in [2.24, 2.45) is 5.73 Å². The Bertz CT molecular complexity index is 712. The molecule has 0 bridgehead atoms. The maximum absolute atomic E-state index is 5.76. The number of hydrogen-bond acceptors (Lipinski definition) is 1. The van der Waals surface area contributed by atoms with Crippen molar-refractivity contribution in [3.05, 3.63) is 71.9 Å². The first-order valence-corrected chi connectivity index (χ1v) is 7.18. The zero-order chi connectivity index (χ0) is 13.9. The van der Waals surface area contributed by atoms with Gasteiger partial charge in [0.2, 0.25) is 0 Å². The molecular formula is C18H20N2. The predicted molar refractivity (Wildman–Crippen MR) is 84.7 cm³/mol. The average Bonchev–Trinajstić information content (AvgIpc) is 2.93. The fourth-order valence-electron chi connectivity index (χ4n) is 2.90. The van der Waals surface area contributed by atoms with E-state index in [-0.39, 0.29) is 0 Å². The standard InChI is InChI=1S/C18H20N2/c1-2-17(16-8-5-6-14(12-16)13-19)20-11-10-15-7-3-4-9-18(15)20/h3-12,17H,2,13,19H2,1H3. The van der Waals surface area contributed by atoms with E-state index in [1.54, 1.807) is 0 Å². The second kappa shape index (κ2) is 5.51. The van der Waals surface area contributed by atoms with Gasteiger partial charge in [0, 0.05) is 18.3 Å². The molecule has 1 atom stereocenters. The Hall–Kier alpha value is -2.06. The first kappa shape index (κ1) is 12.9. The monoisotopic (exact) mass is 264 g/mol. The summed E-state index contributed by atoms with van der Waals surface area (Å²) in [5.41, 5.74) is 9.57. The highest BCUT2D eigenvalue weighted by Crippen LogP contribution is 2.27. The highest BCUT2D eigenvalue weighted by Gasteiger charge is 2.13. The lowest BCUT2D eigenvalue weighted by atomic mass is 10.0. The van der Waals surface area contributed by atoms with Gasteiger partial charge in [-0.1, -0.05) is 49.4 Å². The summed E-state index contributed by atoms with van der Waals surface area (Å²) in [6.45, 7) is 2.82. The first-order valence-electron chi connectivity index (χ1n) is 7.18. The fraction of sp³-hybridized carbons (Fsp3) is 0.222. The van der Waals surface area contributed by atoms with Gasteiger partial charge in [0.05, 0.1) is 6.04 Å². The molecule has 1 unspecified atom stereocenters. The van der Waals surface area contributed by atoms with Crippen molar-refractivity contribution in [1.82, 2.24) is 4.57 Å². The first-order chi connectivity index (χ1) is 9.83.